The van der Waals surface area contributed by atoms with Crippen LogP contribution in [0.15, 0.2) is 60.8 Å². The van der Waals surface area contributed by atoms with Crippen LogP contribution in [0.5, 0.6) is 0 Å². The first-order valence-corrected chi connectivity index (χ1v) is 54.5. The number of para-hydroxylation sites is 1. The van der Waals surface area contributed by atoms with Crippen LogP contribution in [0.25, 0.3) is 10.9 Å². The topological polar surface area (TPSA) is 745 Å². The number of rotatable bonds is 64. The number of carboxylic acid groups (broad SMARTS) is 3. The number of unbranched alkanes of at least 4 members (excludes halogenated alkanes) is 15. The minimum Gasteiger partial charge on any atom is -0.481 e. The Labute approximate surface area is 881 Å². The summed E-state index contributed by atoms with van der Waals surface area (Å²) >= 11 is 0. The number of carbonyl (C=O) groups is 18. The minimum absolute atomic E-state index is 0.000232. The van der Waals surface area contributed by atoms with Crippen LogP contribution in [0.1, 0.15) is 236 Å². The summed E-state index contributed by atoms with van der Waals surface area (Å²) in [5.74, 6) is -15.2. The van der Waals surface area contributed by atoms with E-state index in [0.29, 0.717) is 35.9 Å². The van der Waals surface area contributed by atoms with Crippen molar-refractivity contribution < 1.29 is 116 Å². The molecule has 4 aromatic rings. The monoisotopic (exact) mass is 2140 g/mol. The number of hydrogen-bond donors (Lipinski definition) is 23. The van der Waals surface area contributed by atoms with Crippen LogP contribution in [0, 0.1) is 12.3 Å². The molecule has 7 rings (SSSR count). The van der Waals surface area contributed by atoms with Crippen LogP contribution in [-0.4, -0.2) is 350 Å². The fourth-order valence-corrected chi connectivity index (χ4v) is 19.5. The normalized spacial score (nSPS) is 18.3. The number of primary amides is 1. The second-order valence-electron chi connectivity index (χ2n) is 37.4. The molecule has 2 aromatic heterocycles. The molecular formula is C99H157N25O24S2. The summed E-state index contributed by atoms with van der Waals surface area (Å²) in [5, 5.41) is 95.5. The van der Waals surface area contributed by atoms with Crippen LogP contribution >= 0.6 is 21.6 Å². The molecule has 26 N–H and O–H groups in total. The van der Waals surface area contributed by atoms with E-state index in [0.717, 1.165) is 49.2 Å². The maximum atomic E-state index is 15.5. The molecule has 5 heterocycles. The molecule has 0 bridgehead atoms. The number of fused-ring (bicyclic) bond motifs is 1. The van der Waals surface area contributed by atoms with E-state index in [1.54, 1.807) is 30.5 Å². The number of aliphatic hydroxyl groups is 1. The maximum Gasteiger partial charge on any atom is 0.317 e. The average molecular weight is 2150 g/mol. The number of hydrogen-bond acceptors (Lipinski definition) is 29. The van der Waals surface area contributed by atoms with Gasteiger partial charge in [-0.2, -0.15) is 0 Å². The number of tetrazole rings is 1. The summed E-state index contributed by atoms with van der Waals surface area (Å²) in [7, 11) is 2.45. The van der Waals surface area contributed by atoms with E-state index in [-0.39, 0.29) is 198 Å². The Morgan fingerprint density at radius 2 is 1.12 bits per heavy atom. The Kier molecular flexibility index (Phi) is 61.0. The number of benzene rings is 2. The molecule has 0 saturated carbocycles. The van der Waals surface area contributed by atoms with Crippen molar-refractivity contribution in [2.24, 2.45) is 17.2 Å². The lowest BCUT2D eigenvalue weighted by molar-refractivity contribution is -0.148. The van der Waals surface area contributed by atoms with Gasteiger partial charge >= 0.3 is 17.9 Å². The van der Waals surface area contributed by atoms with Crippen molar-refractivity contribution in [3.05, 3.63) is 77.7 Å². The lowest BCUT2D eigenvalue weighted by atomic mass is 10.0. The zero-order valence-electron chi connectivity index (χ0n) is 86.1. The molecule has 3 fully saturated rings. The predicted molar refractivity (Wildman–Crippen MR) is 558 cm³/mol. The van der Waals surface area contributed by atoms with E-state index in [1.807, 2.05) is 18.2 Å². The van der Waals surface area contributed by atoms with Gasteiger partial charge in [-0.1, -0.05) is 146 Å². The number of aromatic amines is 2. The van der Waals surface area contributed by atoms with Gasteiger partial charge in [0.05, 0.1) is 46.1 Å². The number of ether oxygens (including phenoxy) is 2. The highest BCUT2D eigenvalue weighted by atomic mass is 33.1. The number of H-pyrrole nitrogens is 2. The number of carbonyl (C=O) groups excluding carboxylic acids is 15. The van der Waals surface area contributed by atoms with Crippen LogP contribution < -0.4 is 86.3 Å². The molecule has 150 heavy (non-hydrogen) atoms. The van der Waals surface area contributed by atoms with Gasteiger partial charge in [0, 0.05) is 93.9 Å². The van der Waals surface area contributed by atoms with E-state index in [9.17, 15) is 92.3 Å². The van der Waals surface area contributed by atoms with Crippen molar-refractivity contribution in [1.29, 1.82) is 5.41 Å². The van der Waals surface area contributed by atoms with E-state index < -0.39 is 206 Å². The Hall–Kier alpha value is -12.7. The van der Waals surface area contributed by atoms with Crippen LogP contribution in [0.4, 0.5) is 0 Å². The van der Waals surface area contributed by atoms with Crippen molar-refractivity contribution in [3.8, 4) is 0 Å². The molecule has 3 saturated heterocycles. The number of aliphatic carboxylic acids is 3. The zero-order valence-corrected chi connectivity index (χ0v) is 87.7. The Morgan fingerprint density at radius 3 is 1.73 bits per heavy atom. The smallest absolute Gasteiger partial charge is 0.317 e. The maximum absolute atomic E-state index is 15.5. The van der Waals surface area contributed by atoms with Gasteiger partial charge in [-0.05, 0) is 170 Å². The molecule has 3 aliphatic heterocycles. The first kappa shape index (κ1) is 126. The van der Waals surface area contributed by atoms with Gasteiger partial charge in [0.1, 0.15) is 78.9 Å². The van der Waals surface area contributed by atoms with Gasteiger partial charge in [-0.15, -0.1) is 5.10 Å². The van der Waals surface area contributed by atoms with Gasteiger partial charge in [0.2, 0.25) is 88.6 Å². The largest absolute Gasteiger partial charge is 0.481 e. The molecule has 834 valence electrons. The predicted octanol–water partition coefficient (Wildman–Crippen LogP) is 0.391. The molecule has 49 nitrogen and oxygen atoms in total. The summed E-state index contributed by atoms with van der Waals surface area (Å²) in [6.45, 7) is 0.903. The number of likely N-dealkylation sites (tertiary alicyclic amines) is 2. The van der Waals surface area contributed by atoms with Crippen molar-refractivity contribution in [3.63, 3.8) is 0 Å². The molecule has 0 radical (unpaired) electrons. The SMILES string of the molecule is CC(=O)N[C@H]1CCSSCC[C@@H](C(=O)N2CCC[C@H]2C(=O)N2CCC[C@H]2C(=O)N[C@@H](CCCCN)C(=O)N[C@@H](CCC(=O)O)C(=O)N[C@@H](CCCCN(CC(=O)O)CC(=O)O)C(=O)N[C@@H](CCCCNC(=O)COCCOCCNC(=O)CCCCCCCCCCCCCCCc2nnn[nH]2)C(N)=O)NC(=O)[C@H](Cc2c[nH]c3ccccc23)NC(=O)[C@H](CCCNC(=N)N)NC(=O)CNC(=O)[C@H](CO)NC1=O.Cc1ccccc1. The van der Waals surface area contributed by atoms with Gasteiger partial charge in [0.25, 0.3) is 0 Å². The van der Waals surface area contributed by atoms with Crippen LogP contribution in [0.3, 0.4) is 0 Å². The lowest BCUT2D eigenvalue weighted by Gasteiger charge is -2.34. The van der Waals surface area contributed by atoms with Gasteiger partial charge in [-0.25, -0.2) is 5.10 Å². The Balaban J connectivity index is 0.00000469. The first-order valence-electron chi connectivity index (χ1n) is 52.0. The fourth-order valence-electron chi connectivity index (χ4n) is 17.3. The first-order chi connectivity index (χ1) is 72.1. The standard InChI is InChI=1S/C92H149N25O24S2.C7H8/c1-59(119)102-68-38-50-142-143-51-39-69(108-88(136)70(52-60-53-100-62-27-16-15-26-61(60)62)109-83(131)64(31-23-42-99-92(95)96)103-76(121)54-101-82(130)71(57-118)110-87(68)135)90(138)117-46-25-33-73(117)91(139)116-45-24-32-72(116)89(137)107-66(29-17-20-40-93)85(133)106-67(36-37-78(123)124)86(134)105-65(30-19-22-44-115(55-79(125)126)56-80(127)128)84(132)104-63(81(94)129)28-18-21-41-97-77(122)58-141-49-48-140-47-43-98-75(120)35-14-12-10-8-6-4-2-3-5-7-9-11-13-34-74-111-113-114-112-74;1-7-5-3-2-4-6-7/h15-16,26-27,53,63-73,100,118H,2-14,17-25,28-52,54-58,93H2,1H3,(H2,94,129)(H,97,122)(H,98,120)(H,101,130)(H,102,119)(H,103,121)(H,104,132)(H,105,134)(H,106,133)(H,107,137)(H,108,136)(H,109,131)(H,110,135)(H,123,124)(H,125,126)(H,127,128)(H4,95,96,99)(H,111,112,113,114);2-6H,1H3/t63-,64-,65-,66-,67-,68-,69-,70-,71-,72-,73-;/m0./s1. The Bertz CT molecular complexity index is 4880. The molecule has 3 aliphatic rings. The molecule has 0 spiro atoms. The third-order valence-corrected chi connectivity index (χ3v) is 27.8. The van der Waals surface area contributed by atoms with Crippen LogP contribution in [0.2, 0.25) is 0 Å². The average Bonchev–Trinajstić information content (AvgIpc) is 1.65. The molecule has 11 atom stereocenters. The van der Waals surface area contributed by atoms with E-state index in [4.69, 9.17) is 32.1 Å². The summed E-state index contributed by atoms with van der Waals surface area (Å²) in [5.41, 5.74) is 19.8. The van der Waals surface area contributed by atoms with Crippen molar-refractivity contribution >= 4 is 145 Å². The molecule has 15 amide bonds. The molecule has 51 heteroatoms. The number of aliphatic hydroxyl groups excluding tert-OH is 1. The van der Waals surface area contributed by atoms with Gasteiger partial charge < -0.3 is 131 Å². The highest BCUT2D eigenvalue weighted by molar-refractivity contribution is 8.76. The van der Waals surface area contributed by atoms with Crippen molar-refractivity contribution in [1.82, 2.24) is 109 Å². The number of nitrogens with zero attached hydrogens (tertiary/aromatic N) is 6. The summed E-state index contributed by atoms with van der Waals surface area (Å²) in [6, 6.07) is 1.45. The second kappa shape index (κ2) is 72.7. The number of nitrogens with two attached hydrogens (primary N) is 3. The number of nitrogens with one attached hydrogen (secondary N) is 16. The van der Waals surface area contributed by atoms with E-state index in [1.165, 1.54) is 95.2 Å². The van der Waals surface area contributed by atoms with Crippen LogP contribution in [-0.2, 0) is 109 Å². The Morgan fingerprint density at radius 1 is 0.553 bits per heavy atom. The minimum atomic E-state index is -1.76. The lowest BCUT2D eigenvalue weighted by Crippen LogP contribution is -2.60. The molecule has 2 aromatic carbocycles. The number of amides is 15. The second-order valence-corrected chi connectivity index (χ2v) is 40.1. The summed E-state index contributed by atoms with van der Waals surface area (Å²) < 4.78 is 11.0. The highest BCUT2D eigenvalue weighted by Gasteiger charge is 2.46. The summed E-state index contributed by atoms with van der Waals surface area (Å²) in [4.78, 5) is 253. The molecule has 0 aliphatic carbocycles. The number of guanidine groups is 1. The quantitative estimate of drug-likeness (QED) is 0.0123. The number of carboxylic acids is 3. The highest BCUT2D eigenvalue weighted by Crippen LogP contribution is 2.30. The van der Waals surface area contributed by atoms with Gasteiger partial charge in [-0.3, -0.25) is 96.6 Å². The summed E-state index contributed by atoms with van der Waals surface area (Å²) in [6.07, 6.45) is 17.5. The third-order valence-electron chi connectivity index (χ3n) is 25.3. The fraction of sp³-hybridized carbons (Fsp3) is 0.657. The van der Waals surface area contributed by atoms with E-state index in [2.05, 4.69) is 114 Å². The third kappa shape index (κ3) is 50.7. The number of aromatic nitrogens is 5. The van der Waals surface area contributed by atoms with Gasteiger partial charge in [0.15, 0.2) is 5.96 Å². The molecular weight excluding hydrogens is 1990 g/mol. The number of aryl methyl sites for hydroxylation is 2. The molecule has 0 unspecified atom stereocenters. The zero-order chi connectivity index (χ0) is 109. The van der Waals surface area contributed by atoms with Crippen molar-refractivity contribution in [2.45, 2.75) is 305 Å². The van der Waals surface area contributed by atoms with Crippen molar-refractivity contribution in [2.75, 3.05) is 110 Å². The van der Waals surface area contributed by atoms with E-state index >= 15 is 14.4 Å².